The zero-order chi connectivity index (χ0) is 15.5. The molecule has 2 aliphatic rings. The highest BCUT2D eigenvalue weighted by atomic mass is 16.2. The van der Waals surface area contributed by atoms with Crippen LogP contribution in [0.3, 0.4) is 0 Å². The molecule has 1 atom stereocenters. The van der Waals surface area contributed by atoms with Gasteiger partial charge >= 0.3 is 0 Å². The van der Waals surface area contributed by atoms with Crippen LogP contribution in [0.5, 0.6) is 0 Å². The number of amides is 1. The van der Waals surface area contributed by atoms with Crippen LogP contribution >= 0.6 is 0 Å². The van der Waals surface area contributed by atoms with E-state index in [0.717, 1.165) is 50.8 Å². The Morgan fingerprint density at radius 2 is 1.82 bits per heavy atom. The van der Waals surface area contributed by atoms with Gasteiger partial charge in [-0.2, -0.15) is 0 Å². The first-order valence-corrected chi connectivity index (χ1v) is 8.49. The summed E-state index contributed by atoms with van der Waals surface area (Å²) in [5.41, 5.74) is 0.475. The van der Waals surface area contributed by atoms with E-state index in [1.807, 2.05) is 4.90 Å². The van der Waals surface area contributed by atoms with Crippen LogP contribution in [0.25, 0.3) is 0 Å². The lowest BCUT2D eigenvalue weighted by Crippen LogP contribution is -2.38. The van der Waals surface area contributed by atoms with Crippen molar-refractivity contribution in [2.75, 3.05) is 31.1 Å². The van der Waals surface area contributed by atoms with Gasteiger partial charge in [0.2, 0.25) is 0 Å². The molecule has 3 rings (SSSR count). The molecule has 0 bridgehead atoms. The van der Waals surface area contributed by atoms with Gasteiger partial charge in [0.25, 0.3) is 5.91 Å². The summed E-state index contributed by atoms with van der Waals surface area (Å²) in [7, 11) is 0. The minimum atomic E-state index is 0.0259. The molecule has 22 heavy (non-hydrogen) atoms. The quantitative estimate of drug-likeness (QED) is 0.842. The normalized spacial score (nSPS) is 23.6. The van der Waals surface area contributed by atoms with Gasteiger partial charge in [-0.3, -0.25) is 4.79 Å². The van der Waals surface area contributed by atoms with Gasteiger partial charge in [-0.15, -0.1) is 0 Å². The van der Waals surface area contributed by atoms with Gasteiger partial charge in [-0.05, 0) is 37.5 Å². The molecule has 0 saturated carbocycles. The van der Waals surface area contributed by atoms with Crippen molar-refractivity contribution in [2.45, 2.75) is 39.5 Å². The van der Waals surface area contributed by atoms with E-state index in [2.05, 4.69) is 28.7 Å². The zero-order valence-electron chi connectivity index (χ0n) is 13.7. The van der Waals surface area contributed by atoms with Gasteiger partial charge in [0.05, 0.1) is 12.4 Å². The van der Waals surface area contributed by atoms with Crippen molar-refractivity contribution in [2.24, 2.45) is 11.8 Å². The molecule has 3 heterocycles. The molecule has 2 saturated heterocycles. The number of carbonyl (C=O) groups is 1. The molecule has 2 fully saturated rings. The number of anilines is 1. The number of nitrogens with zero attached hydrogens (tertiary/aromatic N) is 4. The van der Waals surface area contributed by atoms with Crippen molar-refractivity contribution >= 4 is 11.7 Å². The number of likely N-dealkylation sites (tertiary alicyclic amines) is 1. The fourth-order valence-electron chi connectivity index (χ4n) is 3.37. The summed E-state index contributed by atoms with van der Waals surface area (Å²) in [6, 6.07) is 0. The molecule has 5 nitrogen and oxygen atoms in total. The summed E-state index contributed by atoms with van der Waals surface area (Å²) in [6.45, 7) is 8.27. The molecule has 0 aromatic carbocycles. The van der Waals surface area contributed by atoms with Crippen LogP contribution in [0.15, 0.2) is 12.4 Å². The van der Waals surface area contributed by atoms with Gasteiger partial charge < -0.3 is 9.80 Å². The van der Waals surface area contributed by atoms with E-state index in [9.17, 15) is 4.79 Å². The molecular weight excluding hydrogens is 276 g/mol. The van der Waals surface area contributed by atoms with Crippen molar-refractivity contribution in [3.8, 4) is 0 Å². The topological polar surface area (TPSA) is 49.3 Å². The molecule has 0 aliphatic carbocycles. The van der Waals surface area contributed by atoms with Crippen LogP contribution in [0.4, 0.5) is 5.82 Å². The lowest BCUT2D eigenvalue weighted by atomic mass is 9.99. The number of hydrogen-bond donors (Lipinski definition) is 0. The second kappa shape index (κ2) is 6.63. The third-order valence-electron chi connectivity index (χ3n) is 4.91. The van der Waals surface area contributed by atoms with Gasteiger partial charge in [0.1, 0.15) is 11.5 Å². The van der Waals surface area contributed by atoms with Gasteiger partial charge in [-0.1, -0.05) is 13.8 Å². The number of piperidine rings is 2. The van der Waals surface area contributed by atoms with E-state index in [1.54, 1.807) is 12.4 Å². The first-order valence-electron chi connectivity index (χ1n) is 8.49. The molecule has 1 aromatic heterocycles. The van der Waals surface area contributed by atoms with Gasteiger partial charge in [-0.25, -0.2) is 9.97 Å². The third-order valence-corrected chi connectivity index (χ3v) is 4.91. The Labute approximate surface area is 132 Å². The Balaban J connectivity index is 1.64. The number of carbonyl (C=O) groups excluding carboxylic acids is 1. The van der Waals surface area contributed by atoms with Crippen molar-refractivity contribution < 1.29 is 4.79 Å². The molecule has 0 spiro atoms. The highest BCUT2D eigenvalue weighted by Gasteiger charge is 2.23. The van der Waals surface area contributed by atoms with Gasteiger partial charge in [0.15, 0.2) is 0 Å². The van der Waals surface area contributed by atoms with E-state index in [-0.39, 0.29) is 5.91 Å². The van der Waals surface area contributed by atoms with E-state index in [4.69, 9.17) is 0 Å². The molecule has 1 aromatic rings. The minimum absolute atomic E-state index is 0.0259. The van der Waals surface area contributed by atoms with E-state index in [0.29, 0.717) is 11.6 Å². The minimum Gasteiger partial charge on any atom is -0.355 e. The maximum Gasteiger partial charge on any atom is 0.274 e. The van der Waals surface area contributed by atoms with Gasteiger partial charge in [0, 0.05) is 26.2 Å². The molecule has 2 aliphatic heterocycles. The van der Waals surface area contributed by atoms with E-state index < -0.39 is 0 Å². The molecule has 1 unspecified atom stereocenters. The monoisotopic (exact) mass is 302 g/mol. The maximum atomic E-state index is 12.5. The highest BCUT2D eigenvalue weighted by Crippen LogP contribution is 2.21. The molecule has 0 radical (unpaired) electrons. The first kappa shape index (κ1) is 15.3. The summed E-state index contributed by atoms with van der Waals surface area (Å²) >= 11 is 0. The average molecular weight is 302 g/mol. The largest absolute Gasteiger partial charge is 0.355 e. The van der Waals surface area contributed by atoms with Crippen LogP contribution < -0.4 is 4.90 Å². The highest BCUT2D eigenvalue weighted by molar-refractivity contribution is 5.92. The Morgan fingerprint density at radius 1 is 1.05 bits per heavy atom. The SMILES string of the molecule is CC1CCN(C(=O)c2cnc(N3CCCC(C)C3)cn2)CC1. The number of rotatable bonds is 2. The number of aromatic nitrogens is 2. The van der Waals surface area contributed by atoms with Crippen LogP contribution in [0, 0.1) is 11.8 Å². The zero-order valence-corrected chi connectivity index (χ0v) is 13.7. The lowest BCUT2D eigenvalue weighted by Gasteiger charge is -2.32. The van der Waals surface area contributed by atoms with Crippen molar-refractivity contribution in [1.82, 2.24) is 14.9 Å². The van der Waals surface area contributed by atoms with Crippen molar-refractivity contribution in [3.05, 3.63) is 18.1 Å². The van der Waals surface area contributed by atoms with Crippen LogP contribution in [-0.4, -0.2) is 47.0 Å². The Kier molecular flexibility index (Phi) is 4.60. The summed E-state index contributed by atoms with van der Waals surface area (Å²) in [4.78, 5) is 25.5. The standard InChI is InChI=1S/C17H26N4O/c1-13-5-8-20(9-6-13)17(22)15-10-19-16(11-18-15)21-7-3-4-14(2)12-21/h10-11,13-14H,3-9,12H2,1-2H3. The lowest BCUT2D eigenvalue weighted by molar-refractivity contribution is 0.0691. The average Bonchev–Trinajstić information content (AvgIpc) is 2.55. The molecule has 5 heteroatoms. The second-order valence-electron chi connectivity index (χ2n) is 6.93. The fraction of sp³-hybridized carbons (Fsp3) is 0.706. The van der Waals surface area contributed by atoms with E-state index in [1.165, 1.54) is 12.8 Å². The Morgan fingerprint density at radius 3 is 2.45 bits per heavy atom. The Bertz CT molecular complexity index is 508. The summed E-state index contributed by atoms with van der Waals surface area (Å²) < 4.78 is 0. The molecule has 0 N–H and O–H groups in total. The summed E-state index contributed by atoms with van der Waals surface area (Å²) in [5, 5.41) is 0. The van der Waals surface area contributed by atoms with Crippen LogP contribution in [0.2, 0.25) is 0 Å². The fourth-order valence-corrected chi connectivity index (χ4v) is 3.37. The van der Waals surface area contributed by atoms with Crippen LogP contribution in [-0.2, 0) is 0 Å². The third kappa shape index (κ3) is 3.39. The van der Waals surface area contributed by atoms with Crippen molar-refractivity contribution in [1.29, 1.82) is 0 Å². The van der Waals surface area contributed by atoms with Crippen molar-refractivity contribution in [3.63, 3.8) is 0 Å². The number of hydrogen-bond acceptors (Lipinski definition) is 4. The van der Waals surface area contributed by atoms with Crippen LogP contribution in [0.1, 0.15) is 50.0 Å². The second-order valence-corrected chi connectivity index (χ2v) is 6.93. The Hall–Kier alpha value is -1.65. The molecule has 1 amide bonds. The molecular formula is C17H26N4O. The summed E-state index contributed by atoms with van der Waals surface area (Å²) in [6.07, 6.45) is 8.07. The summed E-state index contributed by atoms with van der Waals surface area (Å²) in [5.74, 6) is 2.35. The predicted molar refractivity (Wildman–Crippen MR) is 86.9 cm³/mol. The molecule has 120 valence electrons. The van der Waals surface area contributed by atoms with E-state index >= 15 is 0 Å². The maximum absolute atomic E-state index is 12.5. The first-order chi connectivity index (χ1) is 10.6. The predicted octanol–water partition coefficient (Wildman–Crippen LogP) is 2.59. The smallest absolute Gasteiger partial charge is 0.274 e.